The summed E-state index contributed by atoms with van der Waals surface area (Å²) in [5.41, 5.74) is -1.08. The minimum Gasteiger partial charge on any atom is -0.389 e. The van der Waals surface area contributed by atoms with Crippen molar-refractivity contribution >= 4 is 23.2 Å². The van der Waals surface area contributed by atoms with Gasteiger partial charge in [0.2, 0.25) is 0 Å². The van der Waals surface area contributed by atoms with Crippen molar-refractivity contribution in [3.63, 3.8) is 0 Å². The van der Waals surface area contributed by atoms with E-state index in [2.05, 4.69) is 10.6 Å². The summed E-state index contributed by atoms with van der Waals surface area (Å²) in [7, 11) is 0. The van der Waals surface area contributed by atoms with Crippen LogP contribution in [0.3, 0.4) is 0 Å². The predicted octanol–water partition coefficient (Wildman–Crippen LogP) is 1.02. The molecule has 0 aliphatic carbocycles. The Morgan fingerprint density at radius 3 is 1.54 bits per heavy atom. The summed E-state index contributed by atoms with van der Waals surface area (Å²) < 4.78 is 0. The van der Waals surface area contributed by atoms with Crippen LogP contribution in [0.1, 0.15) is 20.7 Å². The topological polar surface area (TPSA) is 165 Å². The number of nitro groups is 2. The molecular weight excluding hydrogens is 372 g/mol. The molecular formula is C17H16N4O7. The van der Waals surface area contributed by atoms with Gasteiger partial charge in [-0.25, -0.2) is 0 Å². The maximum atomic E-state index is 12.1. The normalized spacial score (nSPS) is 10.4. The number of para-hydroxylation sites is 2. The zero-order valence-corrected chi connectivity index (χ0v) is 14.4. The number of hydrogen-bond donors (Lipinski definition) is 3. The van der Waals surface area contributed by atoms with Crippen molar-refractivity contribution in [3.05, 3.63) is 79.9 Å². The van der Waals surface area contributed by atoms with E-state index in [1.165, 1.54) is 48.5 Å². The van der Waals surface area contributed by atoms with Gasteiger partial charge in [-0.3, -0.25) is 29.8 Å². The van der Waals surface area contributed by atoms with Crippen LogP contribution in [0.5, 0.6) is 0 Å². The Labute approximate surface area is 158 Å². The lowest BCUT2D eigenvalue weighted by Crippen LogP contribution is -2.40. The minimum absolute atomic E-state index is 0.163. The quantitative estimate of drug-likeness (QED) is 0.448. The fourth-order valence-electron chi connectivity index (χ4n) is 2.33. The fourth-order valence-corrected chi connectivity index (χ4v) is 2.33. The van der Waals surface area contributed by atoms with Crippen molar-refractivity contribution in [2.24, 2.45) is 0 Å². The molecule has 0 atom stereocenters. The summed E-state index contributed by atoms with van der Waals surface area (Å²) in [6.07, 6.45) is -1.21. The van der Waals surface area contributed by atoms with Gasteiger partial charge in [0.1, 0.15) is 11.1 Å². The Bertz CT molecular complexity index is 842. The van der Waals surface area contributed by atoms with Crippen molar-refractivity contribution in [1.82, 2.24) is 10.6 Å². The summed E-state index contributed by atoms with van der Waals surface area (Å²) in [6, 6.07) is 10.7. The van der Waals surface area contributed by atoms with Crippen LogP contribution in [0, 0.1) is 20.2 Å². The number of nitrogens with one attached hydrogen (secondary N) is 2. The molecule has 0 heterocycles. The van der Waals surface area contributed by atoms with E-state index < -0.39 is 27.8 Å². The number of rotatable bonds is 8. The number of aliphatic hydroxyl groups is 1. The van der Waals surface area contributed by atoms with Crippen molar-refractivity contribution in [2.75, 3.05) is 13.1 Å². The first-order valence-electron chi connectivity index (χ1n) is 8.02. The van der Waals surface area contributed by atoms with Crippen LogP contribution in [0.4, 0.5) is 11.4 Å². The average Bonchev–Trinajstić information content (AvgIpc) is 2.70. The van der Waals surface area contributed by atoms with Crippen LogP contribution in [0.15, 0.2) is 48.5 Å². The molecule has 11 heteroatoms. The molecule has 146 valence electrons. The van der Waals surface area contributed by atoms with Crippen molar-refractivity contribution in [2.45, 2.75) is 6.10 Å². The van der Waals surface area contributed by atoms with Gasteiger partial charge in [-0.2, -0.15) is 0 Å². The van der Waals surface area contributed by atoms with Gasteiger partial charge in [-0.05, 0) is 12.1 Å². The molecule has 0 spiro atoms. The van der Waals surface area contributed by atoms with Gasteiger partial charge in [-0.1, -0.05) is 24.3 Å². The van der Waals surface area contributed by atoms with Crippen LogP contribution in [-0.2, 0) is 0 Å². The molecule has 2 amide bonds. The van der Waals surface area contributed by atoms with Crippen LogP contribution in [0.25, 0.3) is 0 Å². The summed E-state index contributed by atoms with van der Waals surface area (Å²) >= 11 is 0. The Morgan fingerprint density at radius 2 is 1.18 bits per heavy atom. The maximum absolute atomic E-state index is 12.1. The third kappa shape index (κ3) is 5.08. The first-order chi connectivity index (χ1) is 13.3. The van der Waals surface area contributed by atoms with Crippen LogP contribution in [-0.4, -0.2) is 46.0 Å². The lowest BCUT2D eigenvalue weighted by Gasteiger charge is -2.13. The maximum Gasteiger partial charge on any atom is 0.282 e. The van der Waals surface area contributed by atoms with Crippen LogP contribution in [0.2, 0.25) is 0 Å². The first kappa shape index (κ1) is 20.5. The lowest BCUT2D eigenvalue weighted by molar-refractivity contribution is -0.385. The molecule has 3 N–H and O–H groups in total. The average molecular weight is 388 g/mol. The van der Waals surface area contributed by atoms with Gasteiger partial charge in [0, 0.05) is 25.2 Å². The highest BCUT2D eigenvalue weighted by molar-refractivity contribution is 5.98. The number of carbonyl (C=O) groups excluding carboxylic acids is 2. The number of hydrogen-bond acceptors (Lipinski definition) is 7. The molecule has 2 rings (SSSR count). The number of carbonyl (C=O) groups is 2. The Balaban J connectivity index is 1.91. The molecule has 0 saturated heterocycles. The SMILES string of the molecule is O=C(NCC(O)CNC(=O)c1ccccc1[N+](=O)[O-])c1ccccc1[N+](=O)[O-]. The van der Waals surface area contributed by atoms with Gasteiger partial charge < -0.3 is 15.7 Å². The summed E-state index contributed by atoms with van der Waals surface area (Å²) in [6.45, 7) is -0.579. The standard InChI is InChI=1S/C17H16N4O7/c22-11(9-18-16(23)12-5-1-3-7-14(12)20(25)26)10-19-17(24)13-6-2-4-8-15(13)21(27)28/h1-8,11,22H,9-10H2,(H,18,23)(H,19,24). The lowest BCUT2D eigenvalue weighted by atomic mass is 10.1. The second kappa shape index (κ2) is 9.19. The minimum atomic E-state index is -1.21. The highest BCUT2D eigenvalue weighted by atomic mass is 16.6. The molecule has 0 bridgehead atoms. The van der Waals surface area contributed by atoms with E-state index >= 15 is 0 Å². The van der Waals surface area contributed by atoms with E-state index in [4.69, 9.17) is 0 Å². The second-order valence-corrected chi connectivity index (χ2v) is 5.62. The van der Waals surface area contributed by atoms with Gasteiger partial charge >= 0.3 is 0 Å². The molecule has 0 radical (unpaired) electrons. The summed E-state index contributed by atoms with van der Waals surface area (Å²) in [5.74, 6) is -1.51. The zero-order chi connectivity index (χ0) is 20.7. The second-order valence-electron chi connectivity index (χ2n) is 5.62. The number of benzene rings is 2. The van der Waals surface area contributed by atoms with Crippen LogP contribution >= 0.6 is 0 Å². The number of nitrogens with zero attached hydrogens (tertiary/aromatic N) is 2. The van der Waals surface area contributed by atoms with Gasteiger partial charge in [0.25, 0.3) is 23.2 Å². The van der Waals surface area contributed by atoms with Gasteiger partial charge in [-0.15, -0.1) is 0 Å². The van der Waals surface area contributed by atoms with E-state index in [0.717, 1.165) is 0 Å². The van der Waals surface area contributed by atoms with Crippen LogP contribution < -0.4 is 10.6 Å². The van der Waals surface area contributed by atoms with E-state index in [-0.39, 0.29) is 35.6 Å². The molecule has 0 aliphatic heterocycles. The van der Waals surface area contributed by atoms with E-state index in [9.17, 15) is 34.9 Å². The monoisotopic (exact) mass is 388 g/mol. The molecule has 28 heavy (non-hydrogen) atoms. The summed E-state index contributed by atoms with van der Waals surface area (Å²) in [4.78, 5) is 44.6. The smallest absolute Gasteiger partial charge is 0.282 e. The van der Waals surface area contributed by atoms with Crippen molar-refractivity contribution in [3.8, 4) is 0 Å². The molecule has 0 aliphatic rings. The molecule has 0 fully saturated rings. The summed E-state index contributed by atoms with van der Waals surface area (Å²) in [5, 5.41) is 36.4. The third-order valence-corrected chi connectivity index (χ3v) is 3.69. The van der Waals surface area contributed by atoms with E-state index in [1.54, 1.807) is 0 Å². The first-order valence-corrected chi connectivity index (χ1v) is 8.02. The number of nitro benzene ring substituents is 2. The Kier molecular flexibility index (Phi) is 6.71. The predicted molar refractivity (Wildman–Crippen MR) is 96.9 cm³/mol. The van der Waals surface area contributed by atoms with Crippen molar-refractivity contribution in [1.29, 1.82) is 0 Å². The zero-order valence-electron chi connectivity index (χ0n) is 14.4. The van der Waals surface area contributed by atoms with Gasteiger partial charge in [0.05, 0.1) is 16.0 Å². The molecule has 2 aromatic rings. The number of amides is 2. The fraction of sp³-hybridized carbons (Fsp3) is 0.176. The van der Waals surface area contributed by atoms with E-state index in [0.29, 0.717) is 0 Å². The molecule has 0 saturated carbocycles. The molecule has 0 aromatic heterocycles. The highest BCUT2D eigenvalue weighted by Crippen LogP contribution is 2.18. The Hall–Kier alpha value is -3.86. The molecule has 0 unspecified atom stereocenters. The molecule has 11 nitrogen and oxygen atoms in total. The Morgan fingerprint density at radius 1 is 0.821 bits per heavy atom. The number of aliphatic hydroxyl groups excluding tert-OH is 1. The largest absolute Gasteiger partial charge is 0.389 e. The van der Waals surface area contributed by atoms with E-state index in [1.807, 2.05) is 0 Å². The van der Waals surface area contributed by atoms with Gasteiger partial charge in [0.15, 0.2) is 0 Å². The highest BCUT2D eigenvalue weighted by Gasteiger charge is 2.21. The van der Waals surface area contributed by atoms with Crippen molar-refractivity contribution < 1.29 is 24.5 Å². The third-order valence-electron chi connectivity index (χ3n) is 3.69. The molecule has 2 aromatic carbocycles.